The van der Waals surface area contributed by atoms with E-state index in [2.05, 4.69) is 4.74 Å². The number of rotatable bonds is 2. The molecule has 1 aliphatic rings. The SMILES string of the molecule is COc1ccc(Cl)cc1N1CCOC(=O)C1=O. The van der Waals surface area contributed by atoms with Gasteiger partial charge < -0.3 is 9.47 Å². The number of carbonyl (C=O) groups is 2. The first-order chi connectivity index (χ1) is 8.13. The molecule has 1 fully saturated rings. The summed E-state index contributed by atoms with van der Waals surface area (Å²) in [5.41, 5.74) is 0.474. The highest BCUT2D eigenvalue weighted by molar-refractivity contribution is 6.39. The Hall–Kier alpha value is -1.75. The topological polar surface area (TPSA) is 55.8 Å². The molecule has 17 heavy (non-hydrogen) atoms. The lowest BCUT2D eigenvalue weighted by Crippen LogP contribution is -2.45. The van der Waals surface area contributed by atoms with Crippen LogP contribution in [0.5, 0.6) is 5.75 Å². The van der Waals surface area contributed by atoms with Crippen LogP contribution < -0.4 is 9.64 Å². The van der Waals surface area contributed by atoms with Gasteiger partial charge in [0.2, 0.25) is 0 Å². The van der Waals surface area contributed by atoms with Gasteiger partial charge in [0.1, 0.15) is 12.4 Å². The van der Waals surface area contributed by atoms with Crippen LogP contribution in [0.25, 0.3) is 0 Å². The van der Waals surface area contributed by atoms with Crippen molar-refractivity contribution in [1.82, 2.24) is 0 Å². The van der Waals surface area contributed by atoms with Gasteiger partial charge in [-0.25, -0.2) is 4.79 Å². The number of nitrogens with zero attached hydrogens (tertiary/aromatic N) is 1. The molecule has 0 atom stereocenters. The lowest BCUT2D eigenvalue weighted by atomic mass is 10.2. The molecule has 0 radical (unpaired) electrons. The first kappa shape index (κ1) is 11.7. The van der Waals surface area contributed by atoms with Crippen molar-refractivity contribution >= 4 is 29.2 Å². The van der Waals surface area contributed by atoms with Crippen LogP contribution in [0, 0.1) is 0 Å². The van der Waals surface area contributed by atoms with Crippen LogP contribution in [-0.4, -0.2) is 32.1 Å². The Morgan fingerprint density at radius 3 is 2.88 bits per heavy atom. The van der Waals surface area contributed by atoms with Crippen molar-refractivity contribution in [3.8, 4) is 5.75 Å². The summed E-state index contributed by atoms with van der Waals surface area (Å²) in [6, 6.07) is 4.87. The minimum atomic E-state index is -0.863. The first-order valence-electron chi connectivity index (χ1n) is 4.95. The molecule has 5 nitrogen and oxygen atoms in total. The molecule has 0 N–H and O–H groups in total. The van der Waals surface area contributed by atoms with Crippen LogP contribution >= 0.6 is 11.6 Å². The quantitative estimate of drug-likeness (QED) is 0.589. The minimum Gasteiger partial charge on any atom is -0.495 e. The molecule has 1 aromatic rings. The number of esters is 1. The zero-order chi connectivity index (χ0) is 12.4. The number of amides is 1. The van der Waals surface area contributed by atoms with Gasteiger partial charge in [-0.1, -0.05) is 11.6 Å². The van der Waals surface area contributed by atoms with Crippen molar-refractivity contribution in [2.75, 3.05) is 25.2 Å². The average Bonchev–Trinajstić information content (AvgIpc) is 2.33. The van der Waals surface area contributed by atoms with E-state index in [1.807, 2.05) is 0 Å². The number of ether oxygens (including phenoxy) is 2. The van der Waals surface area contributed by atoms with Crippen LogP contribution in [0.2, 0.25) is 5.02 Å². The molecular formula is C11H10ClNO4. The number of anilines is 1. The summed E-state index contributed by atoms with van der Waals surface area (Å²) in [6.07, 6.45) is 0. The number of benzene rings is 1. The predicted molar refractivity (Wildman–Crippen MR) is 61.3 cm³/mol. The van der Waals surface area contributed by atoms with Crippen molar-refractivity contribution in [3.63, 3.8) is 0 Å². The fraction of sp³-hybridized carbons (Fsp3) is 0.273. The fourth-order valence-corrected chi connectivity index (χ4v) is 1.77. The van der Waals surface area contributed by atoms with Gasteiger partial charge in [-0.3, -0.25) is 9.69 Å². The molecule has 0 aliphatic carbocycles. The molecule has 0 aromatic heterocycles. The fourth-order valence-electron chi connectivity index (χ4n) is 1.61. The van der Waals surface area contributed by atoms with Crippen LogP contribution in [0.15, 0.2) is 18.2 Å². The Balaban J connectivity index is 2.41. The molecule has 2 rings (SSSR count). The van der Waals surface area contributed by atoms with Gasteiger partial charge >= 0.3 is 11.9 Å². The third kappa shape index (κ3) is 2.19. The molecule has 90 valence electrons. The second-order valence-electron chi connectivity index (χ2n) is 3.41. The van der Waals surface area contributed by atoms with E-state index in [-0.39, 0.29) is 6.61 Å². The smallest absolute Gasteiger partial charge is 0.397 e. The normalized spacial score (nSPS) is 15.8. The molecule has 6 heteroatoms. The number of methoxy groups -OCH3 is 1. The van der Waals surface area contributed by atoms with Gasteiger partial charge in [0.05, 0.1) is 19.3 Å². The summed E-state index contributed by atoms with van der Waals surface area (Å²) in [5, 5.41) is 0.465. The summed E-state index contributed by atoms with van der Waals surface area (Å²) in [4.78, 5) is 24.1. The standard InChI is InChI=1S/C11H10ClNO4/c1-16-9-3-2-7(12)6-8(9)13-4-5-17-11(15)10(13)14/h2-3,6H,4-5H2,1H3. The number of hydrogen-bond donors (Lipinski definition) is 0. The largest absolute Gasteiger partial charge is 0.495 e. The Bertz CT molecular complexity index is 475. The average molecular weight is 256 g/mol. The van der Waals surface area contributed by atoms with Crippen molar-refractivity contribution in [2.45, 2.75) is 0 Å². The van der Waals surface area contributed by atoms with Crippen molar-refractivity contribution < 1.29 is 19.1 Å². The number of cyclic esters (lactones) is 1. The highest BCUT2D eigenvalue weighted by atomic mass is 35.5. The Labute approximate surface area is 103 Å². The zero-order valence-corrected chi connectivity index (χ0v) is 9.86. The zero-order valence-electron chi connectivity index (χ0n) is 9.10. The third-order valence-electron chi connectivity index (χ3n) is 2.40. The van der Waals surface area contributed by atoms with Crippen molar-refractivity contribution in [1.29, 1.82) is 0 Å². The highest BCUT2D eigenvalue weighted by Crippen LogP contribution is 2.32. The maximum Gasteiger partial charge on any atom is 0.397 e. The molecule has 0 unspecified atom stereocenters. The monoisotopic (exact) mass is 255 g/mol. The van der Waals surface area contributed by atoms with E-state index in [9.17, 15) is 9.59 Å². The highest BCUT2D eigenvalue weighted by Gasteiger charge is 2.31. The van der Waals surface area contributed by atoms with Gasteiger partial charge in [0.15, 0.2) is 0 Å². The van der Waals surface area contributed by atoms with Gasteiger partial charge in [-0.15, -0.1) is 0 Å². The van der Waals surface area contributed by atoms with Gasteiger partial charge in [0.25, 0.3) is 0 Å². The first-order valence-corrected chi connectivity index (χ1v) is 5.33. The van der Waals surface area contributed by atoms with Crippen molar-refractivity contribution in [2.24, 2.45) is 0 Å². The molecule has 1 heterocycles. The second-order valence-corrected chi connectivity index (χ2v) is 3.85. The van der Waals surface area contributed by atoms with E-state index in [0.717, 1.165) is 0 Å². The van der Waals surface area contributed by atoms with E-state index in [1.54, 1.807) is 18.2 Å². The number of hydrogen-bond acceptors (Lipinski definition) is 4. The Kier molecular flexibility index (Phi) is 3.19. The van der Waals surface area contributed by atoms with E-state index in [1.165, 1.54) is 12.0 Å². The maximum absolute atomic E-state index is 11.7. The van der Waals surface area contributed by atoms with Gasteiger partial charge in [-0.2, -0.15) is 0 Å². The van der Waals surface area contributed by atoms with Gasteiger partial charge in [-0.05, 0) is 18.2 Å². The number of morpholine rings is 1. The van der Waals surface area contributed by atoms with Crippen LogP contribution in [0.4, 0.5) is 5.69 Å². The molecule has 1 aromatic carbocycles. The molecule has 1 aliphatic heterocycles. The van der Waals surface area contributed by atoms with Crippen LogP contribution in [0.1, 0.15) is 0 Å². The molecule has 0 bridgehead atoms. The third-order valence-corrected chi connectivity index (χ3v) is 2.63. The van der Waals surface area contributed by atoms with E-state index in [0.29, 0.717) is 23.0 Å². The molecular weight excluding hydrogens is 246 g/mol. The summed E-state index contributed by atoms with van der Waals surface area (Å²) in [5.74, 6) is -1.09. The molecule has 1 saturated heterocycles. The van der Waals surface area contributed by atoms with Crippen molar-refractivity contribution in [3.05, 3.63) is 23.2 Å². The predicted octanol–water partition coefficient (Wildman–Crippen LogP) is 1.24. The number of carbonyl (C=O) groups excluding carboxylic acids is 2. The summed E-state index contributed by atoms with van der Waals surface area (Å²) in [6.45, 7) is 0.460. The van der Waals surface area contributed by atoms with Crippen LogP contribution in [0.3, 0.4) is 0 Å². The Morgan fingerprint density at radius 2 is 2.18 bits per heavy atom. The minimum absolute atomic E-state index is 0.167. The lowest BCUT2D eigenvalue weighted by Gasteiger charge is -2.27. The van der Waals surface area contributed by atoms with E-state index >= 15 is 0 Å². The van der Waals surface area contributed by atoms with Gasteiger partial charge in [0, 0.05) is 5.02 Å². The Morgan fingerprint density at radius 1 is 1.41 bits per heavy atom. The summed E-state index contributed by atoms with van der Waals surface area (Å²) < 4.78 is 9.77. The summed E-state index contributed by atoms with van der Waals surface area (Å²) in [7, 11) is 1.49. The summed E-state index contributed by atoms with van der Waals surface area (Å²) >= 11 is 5.87. The molecule has 1 amide bonds. The van der Waals surface area contributed by atoms with E-state index < -0.39 is 11.9 Å². The lowest BCUT2D eigenvalue weighted by molar-refractivity contribution is -0.156. The maximum atomic E-state index is 11.7. The second kappa shape index (κ2) is 4.63. The molecule has 0 spiro atoms. The van der Waals surface area contributed by atoms with Crippen LogP contribution in [-0.2, 0) is 14.3 Å². The molecule has 0 saturated carbocycles. The van der Waals surface area contributed by atoms with E-state index in [4.69, 9.17) is 16.3 Å². The number of halogens is 1.